The fraction of sp³-hybridized carbons (Fsp3) is 0.476. The summed E-state index contributed by atoms with van der Waals surface area (Å²) in [4.78, 5) is 31.1. The first-order valence-electron chi connectivity index (χ1n) is 9.91. The van der Waals surface area contributed by atoms with Gasteiger partial charge < -0.3 is 19.4 Å². The molecule has 1 saturated heterocycles. The minimum absolute atomic E-state index is 0.0437. The lowest BCUT2D eigenvalue weighted by molar-refractivity contribution is -0.146. The summed E-state index contributed by atoms with van der Waals surface area (Å²) < 4.78 is 11.6. The average molecular weight is 381 g/mol. The highest BCUT2D eigenvalue weighted by molar-refractivity contribution is 5.80. The molecule has 0 bridgehead atoms. The third-order valence-corrected chi connectivity index (χ3v) is 5.98. The maximum atomic E-state index is 13.1. The maximum absolute atomic E-state index is 13.1. The quantitative estimate of drug-likeness (QED) is 0.859. The molecule has 7 heteroatoms. The lowest BCUT2D eigenvalue weighted by atomic mass is 9.82. The highest BCUT2D eigenvalue weighted by Gasteiger charge is 2.40. The number of oxazole rings is 1. The summed E-state index contributed by atoms with van der Waals surface area (Å²) in [5.41, 5.74) is 1.80. The zero-order valence-electron chi connectivity index (χ0n) is 15.6. The molecule has 146 valence electrons. The van der Waals surface area contributed by atoms with Gasteiger partial charge in [0, 0.05) is 24.4 Å². The number of nitrogens with zero attached hydrogens (tertiary/aromatic N) is 2. The molecule has 28 heavy (non-hydrogen) atoms. The number of carbonyl (C=O) groups is 2. The van der Waals surface area contributed by atoms with Gasteiger partial charge in [0.15, 0.2) is 0 Å². The predicted octanol–water partition coefficient (Wildman–Crippen LogP) is 1.91. The van der Waals surface area contributed by atoms with Crippen LogP contribution in [0.4, 0.5) is 0 Å². The van der Waals surface area contributed by atoms with Crippen LogP contribution in [0.2, 0.25) is 0 Å². The van der Waals surface area contributed by atoms with Gasteiger partial charge in [-0.3, -0.25) is 9.59 Å². The number of morpholine rings is 1. The van der Waals surface area contributed by atoms with E-state index >= 15 is 0 Å². The van der Waals surface area contributed by atoms with Crippen LogP contribution in [-0.2, 0) is 27.3 Å². The van der Waals surface area contributed by atoms with Gasteiger partial charge >= 0.3 is 0 Å². The smallest absolute Gasteiger partial charge is 0.246 e. The molecule has 0 unspecified atom stereocenters. The number of aromatic nitrogens is 1. The van der Waals surface area contributed by atoms with E-state index in [0.29, 0.717) is 31.8 Å². The van der Waals surface area contributed by atoms with Gasteiger partial charge in [0.05, 0.1) is 18.7 Å². The normalized spacial score (nSPS) is 26.9. The molecular weight excluding hydrogens is 358 g/mol. The van der Waals surface area contributed by atoms with Gasteiger partial charge in [-0.05, 0) is 31.4 Å². The van der Waals surface area contributed by atoms with E-state index in [1.165, 1.54) is 0 Å². The Morgan fingerprint density at radius 1 is 1.21 bits per heavy atom. The molecule has 0 spiro atoms. The molecule has 5 rings (SSSR count). The molecule has 1 aromatic heterocycles. The van der Waals surface area contributed by atoms with Gasteiger partial charge in [0.2, 0.25) is 17.7 Å². The largest absolute Gasteiger partial charge is 0.441 e. The van der Waals surface area contributed by atoms with Crippen molar-refractivity contribution < 1.29 is 18.7 Å². The lowest BCUT2D eigenvalue weighted by Gasteiger charge is -2.40. The summed E-state index contributed by atoms with van der Waals surface area (Å²) in [6, 6.07) is 9.87. The first-order valence-corrected chi connectivity index (χ1v) is 9.91. The minimum Gasteiger partial charge on any atom is -0.441 e. The molecule has 1 aliphatic carbocycles. The molecule has 3 atom stereocenters. The van der Waals surface area contributed by atoms with Crippen LogP contribution in [0, 0.1) is 5.92 Å². The van der Waals surface area contributed by atoms with Crippen molar-refractivity contribution >= 4 is 11.8 Å². The molecule has 2 aliphatic heterocycles. The second-order valence-corrected chi connectivity index (χ2v) is 7.80. The Morgan fingerprint density at radius 2 is 2.07 bits per heavy atom. The Balaban J connectivity index is 1.27. The van der Waals surface area contributed by atoms with Gasteiger partial charge in [-0.25, -0.2) is 4.98 Å². The molecule has 1 aromatic carbocycles. The number of carbonyl (C=O) groups excluding carboxylic acids is 2. The predicted molar refractivity (Wildman–Crippen MR) is 100 cm³/mol. The summed E-state index contributed by atoms with van der Waals surface area (Å²) in [5, 5.41) is 2.98. The van der Waals surface area contributed by atoms with Crippen molar-refractivity contribution in [3.63, 3.8) is 0 Å². The number of benzene rings is 1. The Morgan fingerprint density at radius 3 is 2.93 bits per heavy atom. The second kappa shape index (κ2) is 7.05. The fourth-order valence-corrected chi connectivity index (χ4v) is 4.48. The first-order chi connectivity index (χ1) is 13.7. The summed E-state index contributed by atoms with van der Waals surface area (Å²) in [5.74, 6) is 1.54. The van der Waals surface area contributed by atoms with Crippen LogP contribution in [0.25, 0.3) is 11.5 Å². The zero-order valence-corrected chi connectivity index (χ0v) is 15.6. The topological polar surface area (TPSA) is 84.7 Å². The zero-order chi connectivity index (χ0) is 19.1. The molecule has 3 heterocycles. The highest BCUT2D eigenvalue weighted by Crippen LogP contribution is 2.32. The van der Waals surface area contributed by atoms with Gasteiger partial charge in [0.25, 0.3) is 0 Å². The van der Waals surface area contributed by atoms with Gasteiger partial charge in [-0.1, -0.05) is 18.2 Å². The van der Waals surface area contributed by atoms with E-state index < -0.39 is 0 Å². The molecular formula is C21H23N3O4. The molecule has 1 saturated carbocycles. The third kappa shape index (κ3) is 3.20. The van der Waals surface area contributed by atoms with Crippen molar-refractivity contribution in [3.05, 3.63) is 41.8 Å². The molecule has 1 N–H and O–H groups in total. The van der Waals surface area contributed by atoms with Crippen molar-refractivity contribution in [1.29, 1.82) is 0 Å². The van der Waals surface area contributed by atoms with Crippen molar-refractivity contribution in [2.45, 2.75) is 44.4 Å². The number of ether oxygens (including phenoxy) is 1. The highest BCUT2D eigenvalue weighted by atomic mass is 16.5. The van der Waals surface area contributed by atoms with Crippen LogP contribution >= 0.6 is 0 Å². The van der Waals surface area contributed by atoms with Crippen molar-refractivity contribution in [2.75, 3.05) is 13.2 Å². The van der Waals surface area contributed by atoms with Crippen LogP contribution in [0.5, 0.6) is 0 Å². The number of fused-ring (bicyclic) bond motifs is 2. The van der Waals surface area contributed by atoms with Crippen LogP contribution in [0.3, 0.4) is 0 Å². The van der Waals surface area contributed by atoms with E-state index in [9.17, 15) is 9.59 Å². The standard InChI is InChI=1S/C21H23N3O4/c25-19-12-27-18-10-14(6-7-15(18)22-19)21(26)24-9-8-17-16(11-24)23-20(28-17)13-4-2-1-3-5-13/h1-5,14-15,18H,6-12H2,(H,22,25)/t14-,15-,18-/m0/s1. The van der Waals surface area contributed by atoms with E-state index in [2.05, 4.69) is 10.3 Å². The van der Waals surface area contributed by atoms with Crippen LogP contribution < -0.4 is 5.32 Å². The van der Waals surface area contributed by atoms with Crippen molar-refractivity contribution in [3.8, 4) is 11.5 Å². The van der Waals surface area contributed by atoms with Gasteiger partial charge in [-0.15, -0.1) is 0 Å². The molecule has 3 aliphatic rings. The van der Waals surface area contributed by atoms with E-state index in [-0.39, 0.29) is 36.5 Å². The lowest BCUT2D eigenvalue weighted by Crippen LogP contribution is -2.55. The SMILES string of the molecule is O=C1CO[C@H]2C[C@@H](C(=O)N3CCc4oc(-c5ccccc5)nc4C3)CC[C@@H]2N1. The summed E-state index contributed by atoms with van der Waals surface area (Å²) in [7, 11) is 0. The van der Waals surface area contributed by atoms with Crippen molar-refractivity contribution in [1.82, 2.24) is 15.2 Å². The minimum atomic E-state index is -0.0603. The van der Waals surface area contributed by atoms with Crippen LogP contribution in [0.1, 0.15) is 30.7 Å². The summed E-state index contributed by atoms with van der Waals surface area (Å²) in [6.07, 6.45) is 2.86. The second-order valence-electron chi connectivity index (χ2n) is 7.80. The summed E-state index contributed by atoms with van der Waals surface area (Å²) >= 11 is 0. The molecule has 2 aromatic rings. The first kappa shape index (κ1) is 17.4. The van der Waals surface area contributed by atoms with Gasteiger partial charge in [0.1, 0.15) is 18.1 Å². The molecule has 0 radical (unpaired) electrons. The van der Waals surface area contributed by atoms with E-state index in [4.69, 9.17) is 9.15 Å². The number of hydrogen-bond donors (Lipinski definition) is 1. The number of nitrogens with one attached hydrogen (secondary N) is 1. The Kier molecular flexibility index (Phi) is 4.39. The average Bonchev–Trinajstić information content (AvgIpc) is 3.17. The Labute approximate surface area is 163 Å². The molecule has 7 nitrogen and oxygen atoms in total. The third-order valence-electron chi connectivity index (χ3n) is 5.98. The molecule has 2 amide bonds. The maximum Gasteiger partial charge on any atom is 0.246 e. The monoisotopic (exact) mass is 381 g/mol. The van der Waals surface area contributed by atoms with E-state index in [0.717, 1.165) is 29.9 Å². The van der Waals surface area contributed by atoms with E-state index in [1.54, 1.807) is 0 Å². The number of rotatable bonds is 2. The number of hydrogen-bond acceptors (Lipinski definition) is 5. The fourth-order valence-electron chi connectivity index (χ4n) is 4.48. The van der Waals surface area contributed by atoms with Crippen LogP contribution in [0.15, 0.2) is 34.7 Å². The van der Waals surface area contributed by atoms with E-state index in [1.807, 2.05) is 35.2 Å². The van der Waals surface area contributed by atoms with Gasteiger partial charge in [-0.2, -0.15) is 0 Å². The number of amides is 2. The van der Waals surface area contributed by atoms with Crippen LogP contribution in [-0.4, -0.2) is 47.0 Å². The Hall–Kier alpha value is -2.67. The Bertz CT molecular complexity index is 894. The van der Waals surface area contributed by atoms with Crippen molar-refractivity contribution in [2.24, 2.45) is 5.92 Å². The summed E-state index contributed by atoms with van der Waals surface area (Å²) in [6.45, 7) is 1.24. The molecule has 2 fully saturated rings.